The molecule has 1 aromatic carbocycles. The summed E-state index contributed by atoms with van der Waals surface area (Å²) in [5.41, 5.74) is 0.916. The van der Waals surface area contributed by atoms with Gasteiger partial charge in [-0.3, -0.25) is 4.79 Å². The van der Waals surface area contributed by atoms with Crippen LogP contribution < -0.4 is 9.64 Å². The van der Waals surface area contributed by atoms with Gasteiger partial charge in [0.05, 0.1) is 17.7 Å². The average Bonchev–Trinajstić information content (AvgIpc) is 3.14. The molecule has 0 N–H and O–H groups in total. The number of likely N-dealkylation sites (tertiary alicyclic amines) is 1. The molecule has 1 aromatic heterocycles. The van der Waals surface area contributed by atoms with E-state index in [0.717, 1.165) is 60.1 Å². The molecule has 0 spiro atoms. The third-order valence-electron chi connectivity index (χ3n) is 4.51. The second-order valence-electron chi connectivity index (χ2n) is 5.94. The first-order valence-electron chi connectivity index (χ1n) is 7.73. The first-order chi connectivity index (χ1) is 10.8. The van der Waals surface area contributed by atoms with Crippen LogP contribution in [0.25, 0.3) is 10.2 Å². The number of thiazole rings is 1. The fourth-order valence-corrected chi connectivity index (χ4v) is 4.20. The number of anilines is 1. The summed E-state index contributed by atoms with van der Waals surface area (Å²) in [4.78, 5) is 21.2. The highest BCUT2D eigenvalue weighted by Crippen LogP contribution is 2.36. The Balaban J connectivity index is 1.47. The minimum atomic E-state index is 0.145. The van der Waals surface area contributed by atoms with E-state index in [1.165, 1.54) is 0 Å². The predicted octanol–water partition coefficient (Wildman–Crippen LogP) is 2.36. The molecule has 22 heavy (non-hydrogen) atoms. The van der Waals surface area contributed by atoms with Crippen molar-refractivity contribution in [3.63, 3.8) is 0 Å². The minimum Gasteiger partial charge on any atom is -0.494 e. The van der Waals surface area contributed by atoms with Gasteiger partial charge in [-0.15, -0.1) is 0 Å². The van der Waals surface area contributed by atoms with E-state index in [0.29, 0.717) is 5.91 Å². The van der Waals surface area contributed by atoms with Crippen LogP contribution in [0.3, 0.4) is 0 Å². The summed E-state index contributed by atoms with van der Waals surface area (Å²) in [5.74, 6) is 1.28. The Morgan fingerprint density at radius 1 is 1.32 bits per heavy atom. The molecule has 6 heteroatoms. The SMILES string of the molecule is COc1cccc2sc(N3CC(C(=O)N4CCCC4)C3)nc12. The molecule has 0 radical (unpaired) electrons. The van der Waals surface area contributed by atoms with Gasteiger partial charge in [0.1, 0.15) is 11.3 Å². The Labute approximate surface area is 133 Å². The fourth-order valence-electron chi connectivity index (χ4n) is 3.20. The molecule has 2 saturated heterocycles. The van der Waals surface area contributed by atoms with Crippen LogP contribution >= 0.6 is 11.3 Å². The molecule has 2 fully saturated rings. The van der Waals surface area contributed by atoms with Gasteiger partial charge >= 0.3 is 0 Å². The number of nitrogens with zero attached hydrogens (tertiary/aromatic N) is 3. The van der Waals surface area contributed by atoms with E-state index in [-0.39, 0.29) is 5.92 Å². The molecule has 0 saturated carbocycles. The van der Waals surface area contributed by atoms with Crippen LogP contribution in [-0.2, 0) is 4.79 Å². The Bertz CT molecular complexity index is 702. The van der Waals surface area contributed by atoms with Crippen molar-refractivity contribution in [1.29, 1.82) is 0 Å². The summed E-state index contributed by atoms with van der Waals surface area (Å²) in [6, 6.07) is 5.98. The lowest BCUT2D eigenvalue weighted by Crippen LogP contribution is -2.54. The second-order valence-corrected chi connectivity index (χ2v) is 6.95. The molecule has 0 aliphatic carbocycles. The smallest absolute Gasteiger partial charge is 0.229 e. The van der Waals surface area contributed by atoms with Gasteiger partial charge in [-0.1, -0.05) is 17.4 Å². The number of aromatic nitrogens is 1. The van der Waals surface area contributed by atoms with Crippen molar-refractivity contribution < 1.29 is 9.53 Å². The van der Waals surface area contributed by atoms with E-state index in [1.54, 1.807) is 18.4 Å². The van der Waals surface area contributed by atoms with Crippen LogP contribution in [0.2, 0.25) is 0 Å². The van der Waals surface area contributed by atoms with E-state index in [4.69, 9.17) is 9.72 Å². The van der Waals surface area contributed by atoms with Gasteiger partial charge in [-0.05, 0) is 25.0 Å². The topological polar surface area (TPSA) is 45.7 Å². The molecule has 5 nitrogen and oxygen atoms in total. The van der Waals surface area contributed by atoms with Gasteiger partial charge in [0.25, 0.3) is 0 Å². The first-order valence-corrected chi connectivity index (χ1v) is 8.55. The zero-order valence-electron chi connectivity index (χ0n) is 12.6. The van der Waals surface area contributed by atoms with Crippen LogP contribution in [0, 0.1) is 5.92 Å². The van der Waals surface area contributed by atoms with Crippen molar-refractivity contribution >= 4 is 32.6 Å². The van der Waals surface area contributed by atoms with Gasteiger partial charge in [-0.25, -0.2) is 4.98 Å². The van der Waals surface area contributed by atoms with E-state index in [1.807, 2.05) is 17.0 Å². The number of ether oxygens (including phenoxy) is 1. The van der Waals surface area contributed by atoms with E-state index >= 15 is 0 Å². The standard InChI is InChI=1S/C16H19N3O2S/c1-21-12-5-4-6-13-14(12)17-16(22-13)19-9-11(10-19)15(20)18-7-2-3-8-18/h4-6,11H,2-3,7-10H2,1H3. The summed E-state index contributed by atoms with van der Waals surface area (Å²) in [5, 5.41) is 0.991. The highest BCUT2D eigenvalue weighted by atomic mass is 32.1. The van der Waals surface area contributed by atoms with Crippen molar-refractivity contribution in [1.82, 2.24) is 9.88 Å². The molecule has 0 atom stereocenters. The summed E-state index contributed by atoms with van der Waals surface area (Å²) in [6.07, 6.45) is 2.31. The third kappa shape index (κ3) is 2.22. The normalized spacial score (nSPS) is 18.8. The summed E-state index contributed by atoms with van der Waals surface area (Å²) in [6.45, 7) is 3.45. The van der Waals surface area contributed by atoms with Gasteiger partial charge in [0.2, 0.25) is 5.91 Å². The Morgan fingerprint density at radius 3 is 2.82 bits per heavy atom. The molecule has 2 aromatic rings. The Kier molecular flexibility index (Phi) is 3.41. The lowest BCUT2D eigenvalue weighted by Gasteiger charge is -2.39. The quantitative estimate of drug-likeness (QED) is 0.872. The molecule has 4 rings (SSSR count). The molecule has 0 unspecified atom stereocenters. The Morgan fingerprint density at radius 2 is 2.09 bits per heavy atom. The molecule has 0 bridgehead atoms. The number of hydrogen-bond acceptors (Lipinski definition) is 5. The zero-order valence-corrected chi connectivity index (χ0v) is 13.4. The number of rotatable bonds is 3. The number of methoxy groups -OCH3 is 1. The van der Waals surface area contributed by atoms with Crippen LogP contribution in [0.15, 0.2) is 18.2 Å². The molecular formula is C16H19N3O2S. The number of hydrogen-bond donors (Lipinski definition) is 0. The third-order valence-corrected chi connectivity index (χ3v) is 5.59. The number of fused-ring (bicyclic) bond motifs is 1. The monoisotopic (exact) mass is 317 g/mol. The maximum Gasteiger partial charge on any atom is 0.229 e. The summed E-state index contributed by atoms with van der Waals surface area (Å²) < 4.78 is 6.49. The van der Waals surface area contributed by atoms with Crippen molar-refractivity contribution in [3.05, 3.63) is 18.2 Å². The Hall–Kier alpha value is -1.82. The van der Waals surface area contributed by atoms with Crippen LogP contribution in [0.4, 0.5) is 5.13 Å². The highest BCUT2D eigenvalue weighted by Gasteiger charge is 2.37. The number of amides is 1. The highest BCUT2D eigenvalue weighted by molar-refractivity contribution is 7.22. The largest absolute Gasteiger partial charge is 0.494 e. The van der Waals surface area contributed by atoms with Crippen molar-refractivity contribution in [2.45, 2.75) is 12.8 Å². The van der Waals surface area contributed by atoms with Crippen molar-refractivity contribution in [3.8, 4) is 5.75 Å². The van der Waals surface area contributed by atoms with Crippen LogP contribution in [0.1, 0.15) is 12.8 Å². The molecular weight excluding hydrogens is 298 g/mol. The van der Waals surface area contributed by atoms with E-state index in [2.05, 4.69) is 11.0 Å². The summed E-state index contributed by atoms with van der Waals surface area (Å²) >= 11 is 1.67. The number of para-hydroxylation sites is 1. The lowest BCUT2D eigenvalue weighted by atomic mass is 9.99. The molecule has 2 aliphatic rings. The van der Waals surface area contributed by atoms with Crippen LogP contribution in [-0.4, -0.2) is 49.1 Å². The van der Waals surface area contributed by atoms with E-state index in [9.17, 15) is 4.79 Å². The second kappa shape index (κ2) is 5.43. The maximum absolute atomic E-state index is 12.3. The van der Waals surface area contributed by atoms with Crippen LogP contribution in [0.5, 0.6) is 5.75 Å². The summed E-state index contributed by atoms with van der Waals surface area (Å²) in [7, 11) is 1.67. The van der Waals surface area contributed by atoms with Gasteiger partial charge in [0.15, 0.2) is 5.13 Å². The van der Waals surface area contributed by atoms with Gasteiger partial charge in [-0.2, -0.15) is 0 Å². The van der Waals surface area contributed by atoms with Gasteiger partial charge in [0, 0.05) is 26.2 Å². The van der Waals surface area contributed by atoms with Crippen molar-refractivity contribution in [2.24, 2.45) is 5.92 Å². The zero-order chi connectivity index (χ0) is 15.1. The number of benzene rings is 1. The minimum absolute atomic E-state index is 0.145. The average molecular weight is 317 g/mol. The molecule has 3 heterocycles. The van der Waals surface area contributed by atoms with Crippen molar-refractivity contribution in [2.75, 3.05) is 38.2 Å². The predicted molar refractivity (Wildman–Crippen MR) is 87.7 cm³/mol. The fraction of sp³-hybridized carbons (Fsp3) is 0.500. The maximum atomic E-state index is 12.3. The number of carbonyl (C=O) groups excluding carboxylic acids is 1. The van der Waals surface area contributed by atoms with E-state index < -0.39 is 0 Å². The lowest BCUT2D eigenvalue weighted by molar-refractivity contribution is -0.135. The molecule has 1 amide bonds. The molecule has 116 valence electrons. The molecule has 2 aliphatic heterocycles. The van der Waals surface area contributed by atoms with Gasteiger partial charge < -0.3 is 14.5 Å². The number of carbonyl (C=O) groups is 1. The first kappa shape index (κ1) is 13.8.